The fourth-order valence-corrected chi connectivity index (χ4v) is 4.25. The summed E-state index contributed by atoms with van der Waals surface area (Å²) in [4.78, 5) is 20.5. The zero-order chi connectivity index (χ0) is 22.1. The second-order valence-corrected chi connectivity index (χ2v) is 7.96. The first kappa shape index (κ1) is 20.3. The molecule has 5 rings (SSSR count). The Labute approximate surface area is 184 Å². The highest BCUT2D eigenvalue weighted by Gasteiger charge is 2.26. The molecule has 0 saturated carbocycles. The summed E-state index contributed by atoms with van der Waals surface area (Å²) in [7, 11) is 0. The molecule has 1 amide bonds. The third-order valence-electron chi connectivity index (χ3n) is 5.78. The van der Waals surface area contributed by atoms with Crippen LogP contribution in [0.4, 0.5) is 14.5 Å². The van der Waals surface area contributed by atoms with Gasteiger partial charge in [0, 0.05) is 54.5 Å². The molecule has 1 aromatic heterocycles. The van der Waals surface area contributed by atoms with Gasteiger partial charge in [0.25, 0.3) is 5.91 Å². The first-order chi connectivity index (χ1) is 15.6. The van der Waals surface area contributed by atoms with Crippen LogP contribution in [0.25, 0.3) is 10.9 Å². The predicted molar refractivity (Wildman–Crippen MR) is 120 cm³/mol. The van der Waals surface area contributed by atoms with Gasteiger partial charge < -0.3 is 5.32 Å². The van der Waals surface area contributed by atoms with Crippen LogP contribution in [0.1, 0.15) is 27.2 Å². The predicted octanol–water partition coefficient (Wildman–Crippen LogP) is 5.32. The highest BCUT2D eigenvalue weighted by Crippen LogP contribution is 2.29. The third-order valence-corrected chi connectivity index (χ3v) is 5.78. The number of hydrogen-bond acceptors (Lipinski definition) is 3. The number of pyridine rings is 1. The van der Waals surface area contributed by atoms with E-state index in [9.17, 15) is 13.6 Å². The highest BCUT2D eigenvalue weighted by atomic mass is 19.2. The Kier molecular flexibility index (Phi) is 5.37. The molecule has 4 nitrogen and oxygen atoms in total. The van der Waals surface area contributed by atoms with Gasteiger partial charge in [-0.1, -0.05) is 48.5 Å². The smallest absolute Gasteiger partial charge is 0.256 e. The number of fused-ring (bicyclic) bond motifs is 2. The molecule has 0 atom stereocenters. The third kappa shape index (κ3) is 3.97. The van der Waals surface area contributed by atoms with Gasteiger partial charge in [0.05, 0.1) is 11.1 Å². The molecular formula is C26H21F2N3O. The molecule has 3 aromatic carbocycles. The second-order valence-electron chi connectivity index (χ2n) is 7.96. The summed E-state index contributed by atoms with van der Waals surface area (Å²) in [6, 6.07) is 21.1. The Morgan fingerprint density at radius 3 is 2.56 bits per heavy atom. The van der Waals surface area contributed by atoms with Crippen molar-refractivity contribution in [3.05, 3.63) is 107 Å². The van der Waals surface area contributed by atoms with Crippen molar-refractivity contribution in [1.82, 2.24) is 9.88 Å². The molecule has 0 radical (unpaired) electrons. The van der Waals surface area contributed by atoms with E-state index in [2.05, 4.69) is 22.3 Å². The van der Waals surface area contributed by atoms with E-state index in [1.807, 2.05) is 42.5 Å². The Morgan fingerprint density at radius 2 is 1.75 bits per heavy atom. The quantitative estimate of drug-likeness (QED) is 0.477. The van der Waals surface area contributed by atoms with Crippen molar-refractivity contribution in [3.63, 3.8) is 0 Å². The number of carbonyl (C=O) groups excluding carboxylic acids is 1. The number of para-hydroxylation sites is 1. The number of rotatable bonds is 4. The molecule has 1 aliphatic heterocycles. The largest absolute Gasteiger partial charge is 0.322 e. The number of hydrogen-bond donors (Lipinski definition) is 1. The van der Waals surface area contributed by atoms with Crippen molar-refractivity contribution in [3.8, 4) is 0 Å². The monoisotopic (exact) mass is 429 g/mol. The lowest BCUT2D eigenvalue weighted by Crippen LogP contribution is -2.32. The summed E-state index contributed by atoms with van der Waals surface area (Å²) in [6.45, 7) is 2.21. The number of anilines is 1. The van der Waals surface area contributed by atoms with Gasteiger partial charge in [0.1, 0.15) is 0 Å². The maximum absolute atomic E-state index is 13.7. The summed E-state index contributed by atoms with van der Waals surface area (Å²) in [5.41, 5.74) is 4.48. The molecule has 0 saturated heterocycles. The van der Waals surface area contributed by atoms with E-state index < -0.39 is 11.6 Å². The van der Waals surface area contributed by atoms with Crippen LogP contribution in [0.2, 0.25) is 0 Å². The molecule has 0 fully saturated rings. The number of nitrogens with zero attached hydrogens (tertiary/aromatic N) is 2. The number of amides is 1. The molecule has 4 aromatic rings. The van der Waals surface area contributed by atoms with E-state index in [0.717, 1.165) is 53.8 Å². The van der Waals surface area contributed by atoms with Crippen molar-refractivity contribution >= 4 is 22.5 Å². The average Bonchev–Trinajstić information content (AvgIpc) is 2.80. The molecule has 0 spiro atoms. The van der Waals surface area contributed by atoms with Gasteiger partial charge in [-0.05, 0) is 23.8 Å². The minimum absolute atomic E-state index is 0.209. The van der Waals surface area contributed by atoms with Gasteiger partial charge in [0.2, 0.25) is 0 Å². The van der Waals surface area contributed by atoms with Crippen LogP contribution in [0.15, 0.2) is 72.8 Å². The summed E-state index contributed by atoms with van der Waals surface area (Å²) in [5, 5.41) is 3.48. The maximum atomic E-state index is 13.7. The number of carbonyl (C=O) groups is 1. The summed E-state index contributed by atoms with van der Waals surface area (Å²) >= 11 is 0. The lowest BCUT2D eigenvalue weighted by Gasteiger charge is -2.30. The molecular weight excluding hydrogens is 408 g/mol. The summed E-state index contributed by atoms with van der Waals surface area (Å²) in [5.74, 6) is -2.31. The van der Waals surface area contributed by atoms with Crippen molar-refractivity contribution < 1.29 is 13.6 Å². The maximum Gasteiger partial charge on any atom is 0.256 e. The zero-order valence-corrected chi connectivity index (χ0v) is 17.3. The molecule has 0 unspecified atom stereocenters. The van der Waals surface area contributed by atoms with E-state index >= 15 is 0 Å². The van der Waals surface area contributed by atoms with Crippen molar-refractivity contribution in [1.29, 1.82) is 0 Å². The van der Waals surface area contributed by atoms with Gasteiger partial charge in [-0.25, -0.2) is 8.78 Å². The summed E-state index contributed by atoms with van der Waals surface area (Å²) in [6.07, 6.45) is 0.735. The first-order valence-corrected chi connectivity index (χ1v) is 10.5. The first-order valence-electron chi connectivity index (χ1n) is 10.5. The van der Waals surface area contributed by atoms with Gasteiger partial charge in [0.15, 0.2) is 11.6 Å². The highest BCUT2D eigenvalue weighted by molar-refractivity contribution is 6.13. The zero-order valence-electron chi connectivity index (χ0n) is 17.3. The fraction of sp³-hybridized carbons (Fsp3) is 0.154. The van der Waals surface area contributed by atoms with E-state index in [1.165, 1.54) is 11.6 Å². The number of nitrogens with one attached hydrogen (secondary N) is 1. The molecule has 0 aliphatic carbocycles. The SMILES string of the molecule is O=C(Nc1ccc(F)c(F)c1)c1c2c(nc3ccccc13)CCN(Cc1ccccc1)C2. The van der Waals surface area contributed by atoms with Crippen LogP contribution in [0, 0.1) is 11.6 Å². The molecule has 6 heteroatoms. The Balaban J connectivity index is 1.53. The van der Waals surface area contributed by atoms with Gasteiger partial charge in [-0.3, -0.25) is 14.7 Å². The van der Waals surface area contributed by atoms with E-state index in [4.69, 9.17) is 4.98 Å². The summed E-state index contributed by atoms with van der Waals surface area (Å²) < 4.78 is 27.0. The van der Waals surface area contributed by atoms with Crippen molar-refractivity contribution in [2.24, 2.45) is 0 Å². The average molecular weight is 429 g/mol. The van der Waals surface area contributed by atoms with Crippen LogP contribution in [-0.4, -0.2) is 22.3 Å². The normalized spacial score (nSPS) is 13.7. The van der Waals surface area contributed by atoms with E-state index in [-0.39, 0.29) is 11.6 Å². The topological polar surface area (TPSA) is 45.2 Å². The number of benzene rings is 3. The second kappa shape index (κ2) is 8.48. The van der Waals surface area contributed by atoms with Crippen LogP contribution >= 0.6 is 0 Å². The number of aromatic nitrogens is 1. The Morgan fingerprint density at radius 1 is 0.969 bits per heavy atom. The van der Waals surface area contributed by atoms with Crippen molar-refractivity contribution in [2.75, 3.05) is 11.9 Å². The molecule has 1 N–H and O–H groups in total. The molecule has 1 aliphatic rings. The molecule has 160 valence electrons. The Hall–Kier alpha value is -3.64. The van der Waals surface area contributed by atoms with Crippen molar-refractivity contribution in [2.45, 2.75) is 19.5 Å². The van der Waals surface area contributed by atoms with Crippen LogP contribution < -0.4 is 5.32 Å². The molecule has 2 heterocycles. The van der Waals surface area contributed by atoms with Crippen LogP contribution in [-0.2, 0) is 19.5 Å². The lowest BCUT2D eigenvalue weighted by atomic mass is 9.95. The molecule has 32 heavy (non-hydrogen) atoms. The van der Waals surface area contributed by atoms with Gasteiger partial charge >= 0.3 is 0 Å². The standard InChI is InChI=1S/C26H21F2N3O/c27-21-11-10-18(14-22(21)28)29-26(32)25-19-8-4-5-9-23(19)30-24-12-13-31(16-20(24)25)15-17-6-2-1-3-7-17/h1-11,14H,12-13,15-16H2,(H,29,32). The number of halogens is 2. The molecule has 0 bridgehead atoms. The minimum atomic E-state index is -1.00. The lowest BCUT2D eigenvalue weighted by molar-refractivity contribution is 0.102. The fourth-order valence-electron chi connectivity index (χ4n) is 4.25. The van der Waals surface area contributed by atoms with E-state index in [1.54, 1.807) is 0 Å². The van der Waals surface area contributed by atoms with Crippen LogP contribution in [0.3, 0.4) is 0 Å². The minimum Gasteiger partial charge on any atom is -0.322 e. The Bertz CT molecular complexity index is 1310. The van der Waals surface area contributed by atoms with Gasteiger partial charge in [-0.2, -0.15) is 0 Å². The van der Waals surface area contributed by atoms with E-state index in [0.29, 0.717) is 12.1 Å². The van der Waals surface area contributed by atoms with Gasteiger partial charge in [-0.15, -0.1) is 0 Å². The van der Waals surface area contributed by atoms with Crippen LogP contribution in [0.5, 0.6) is 0 Å².